The molecule has 4 heteroatoms. The number of hydrogen-bond acceptors (Lipinski definition) is 2. The van der Waals surface area contributed by atoms with Gasteiger partial charge < -0.3 is 10.0 Å². The molecule has 4 nitrogen and oxygen atoms in total. The second-order valence-corrected chi connectivity index (χ2v) is 5.76. The molecule has 106 valence electrons. The number of aliphatic carboxylic acids is 1. The first-order valence-electron chi connectivity index (χ1n) is 7.27. The summed E-state index contributed by atoms with van der Waals surface area (Å²) in [5, 5.41) is 9.28. The number of fused-ring (bicyclic) bond motifs is 1. The average Bonchev–Trinajstić information content (AvgIpc) is 2.90. The molecule has 0 saturated carbocycles. The van der Waals surface area contributed by atoms with Crippen LogP contribution in [0.1, 0.15) is 30.4 Å². The van der Waals surface area contributed by atoms with Crippen LogP contribution in [0.2, 0.25) is 0 Å². The average molecular weight is 273 g/mol. The monoisotopic (exact) mass is 273 g/mol. The van der Waals surface area contributed by atoms with Crippen LogP contribution in [0.25, 0.3) is 0 Å². The molecule has 1 heterocycles. The Morgan fingerprint density at radius 1 is 1.10 bits per heavy atom. The number of nitrogens with zero attached hydrogens (tertiary/aromatic N) is 1. The van der Waals surface area contributed by atoms with E-state index in [1.54, 1.807) is 4.90 Å². The van der Waals surface area contributed by atoms with Crippen molar-refractivity contribution in [1.29, 1.82) is 0 Å². The lowest BCUT2D eigenvalue weighted by Crippen LogP contribution is -2.50. The van der Waals surface area contributed by atoms with E-state index in [1.165, 1.54) is 11.1 Å². The third kappa shape index (κ3) is 2.30. The van der Waals surface area contributed by atoms with Crippen molar-refractivity contribution in [3.05, 3.63) is 35.4 Å². The number of amides is 1. The van der Waals surface area contributed by atoms with Gasteiger partial charge in [0.1, 0.15) is 6.04 Å². The summed E-state index contributed by atoms with van der Waals surface area (Å²) < 4.78 is 0. The summed E-state index contributed by atoms with van der Waals surface area (Å²) in [5.74, 6) is -0.922. The van der Waals surface area contributed by atoms with E-state index >= 15 is 0 Å². The third-order valence-electron chi connectivity index (χ3n) is 4.47. The summed E-state index contributed by atoms with van der Waals surface area (Å²) in [5.41, 5.74) is 2.46. The van der Waals surface area contributed by atoms with Gasteiger partial charge in [-0.15, -0.1) is 0 Å². The SMILES string of the molecule is O=C(O)C1CCCCN1C(=O)C1Cc2ccccc2C1. The molecule has 0 spiro atoms. The van der Waals surface area contributed by atoms with Crippen molar-refractivity contribution >= 4 is 11.9 Å². The molecule has 2 aliphatic rings. The number of carboxylic acid groups (broad SMARTS) is 1. The topological polar surface area (TPSA) is 57.6 Å². The van der Waals surface area contributed by atoms with Crippen LogP contribution in [0.5, 0.6) is 0 Å². The predicted octanol–water partition coefficient (Wildman–Crippen LogP) is 1.87. The molecule has 1 amide bonds. The standard InChI is InChI=1S/C16H19NO3/c18-15(17-8-4-3-7-14(17)16(19)20)13-9-11-5-1-2-6-12(11)10-13/h1-2,5-6,13-14H,3-4,7-10H2,(H,19,20). The number of hydrogen-bond donors (Lipinski definition) is 1. The van der Waals surface area contributed by atoms with E-state index in [0.717, 1.165) is 25.7 Å². The molecule has 1 aromatic rings. The zero-order valence-electron chi connectivity index (χ0n) is 11.4. The van der Waals surface area contributed by atoms with E-state index < -0.39 is 12.0 Å². The van der Waals surface area contributed by atoms with Gasteiger partial charge in [0.05, 0.1) is 0 Å². The largest absolute Gasteiger partial charge is 0.480 e. The number of carbonyl (C=O) groups is 2. The van der Waals surface area contributed by atoms with Crippen LogP contribution < -0.4 is 0 Å². The van der Waals surface area contributed by atoms with Crippen molar-refractivity contribution in [3.8, 4) is 0 Å². The number of benzene rings is 1. The number of rotatable bonds is 2. The van der Waals surface area contributed by atoms with Gasteiger partial charge >= 0.3 is 5.97 Å². The second kappa shape index (κ2) is 5.27. The summed E-state index contributed by atoms with van der Waals surface area (Å²) >= 11 is 0. The van der Waals surface area contributed by atoms with Crippen LogP contribution in [0.15, 0.2) is 24.3 Å². The predicted molar refractivity (Wildman–Crippen MR) is 74.3 cm³/mol. The van der Waals surface area contributed by atoms with Gasteiger partial charge in [0.15, 0.2) is 0 Å². The molecular weight excluding hydrogens is 254 g/mol. The number of likely N-dealkylation sites (tertiary alicyclic amines) is 1. The van der Waals surface area contributed by atoms with Gasteiger partial charge in [-0.1, -0.05) is 24.3 Å². The Bertz CT molecular complexity index is 515. The van der Waals surface area contributed by atoms with Gasteiger partial charge in [-0.3, -0.25) is 4.79 Å². The highest BCUT2D eigenvalue weighted by Gasteiger charge is 2.37. The highest BCUT2D eigenvalue weighted by atomic mass is 16.4. The summed E-state index contributed by atoms with van der Waals surface area (Å²) in [7, 11) is 0. The lowest BCUT2D eigenvalue weighted by molar-refractivity contribution is -0.153. The van der Waals surface area contributed by atoms with Gasteiger partial charge in [0.25, 0.3) is 0 Å². The Kier molecular flexibility index (Phi) is 3.47. The van der Waals surface area contributed by atoms with E-state index in [0.29, 0.717) is 13.0 Å². The molecule has 0 bridgehead atoms. The molecule has 0 radical (unpaired) electrons. The van der Waals surface area contributed by atoms with E-state index in [-0.39, 0.29) is 11.8 Å². The zero-order valence-corrected chi connectivity index (χ0v) is 11.4. The van der Waals surface area contributed by atoms with Crippen molar-refractivity contribution < 1.29 is 14.7 Å². The molecule has 1 aliphatic carbocycles. The van der Waals surface area contributed by atoms with Crippen LogP contribution in [-0.4, -0.2) is 34.5 Å². The van der Waals surface area contributed by atoms with Crippen molar-refractivity contribution in [1.82, 2.24) is 4.90 Å². The van der Waals surface area contributed by atoms with Crippen LogP contribution in [0.3, 0.4) is 0 Å². The maximum Gasteiger partial charge on any atom is 0.326 e. The first kappa shape index (κ1) is 13.2. The fourth-order valence-corrected chi connectivity index (χ4v) is 3.42. The first-order valence-corrected chi connectivity index (χ1v) is 7.27. The minimum Gasteiger partial charge on any atom is -0.480 e. The lowest BCUT2D eigenvalue weighted by atomic mass is 9.97. The quantitative estimate of drug-likeness (QED) is 0.895. The van der Waals surface area contributed by atoms with E-state index in [9.17, 15) is 14.7 Å². The molecule has 1 atom stereocenters. The minimum absolute atomic E-state index is 0.0216. The molecule has 1 unspecified atom stereocenters. The normalized spacial score (nSPS) is 22.6. The summed E-state index contributed by atoms with van der Waals surface area (Å²) in [6, 6.07) is 7.49. The number of carboxylic acids is 1. The third-order valence-corrected chi connectivity index (χ3v) is 4.47. The van der Waals surface area contributed by atoms with Crippen LogP contribution in [0, 0.1) is 5.92 Å². The summed E-state index contributed by atoms with van der Waals surface area (Å²) in [4.78, 5) is 25.6. The number of carbonyl (C=O) groups excluding carboxylic acids is 1. The molecule has 0 aromatic heterocycles. The van der Waals surface area contributed by atoms with Crippen molar-refractivity contribution in [3.63, 3.8) is 0 Å². The van der Waals surface area contributed by atoms with E-state index in [2.05, 4.69) is 12.1 Å². The van der Waals surface area contributed by atoms with Crippen LogP contribution in [-0.2, 0) is 22.4 Å². The van der Waals surface area contributed by atoms with Gasteiger partial charge in [-0.2, -0.15) is 0 Å². The van der Waals surface area contributed by atoms with Crippen molar-refractivity contribution in [2.75, 3.05) is 6.54 Å². The fourth-order valence-electron chi connectivity index (χ4n) is 3.42. The molecular formula is C16H19NO3. The number of piperidine rings is 1. The Morgan fingerprint density at radius 3 is 2.35 bits per heavy atom. The molecule has 1 saturated heterocycles. The maximum atomic E-state index is 12.6. The Hall–Kier alpha value is -1.84. The molecule has 3 rings (SSSR count). The Labute approximate surface area is 118 Å². The molecule has 1 N–H and O–H groups in total. The van der Waals surface area contributed by atoms with Crippen LogP contribution in [0.4, 0.5) is 0 Å². The zero-order chi connectivity index (χ0) is 14.1. The van der Waals surface area contributed by atoms with Crippen molar-refractivity contribution in [2.45, 2.75) is 38.1 Å². The van der Waals surface area contributed by atoms with Gasteiger partial charge in [0, 0.05) is 12.5 Å². The summed E-state index contributed by atoms with van der Waals surface area (Å²) in [6.07, 6.45) is 3.89. The molecule has 1 aliphatic heterocycles. The van der Waals surface area contributed by atoms with E-state index in [1.807, 2.05) is 12.1 Å². The maximum absolute atomic E-state index is 12.6. The summed E-state index contributed by atoms with van der Waals surface area (Å²) in [6.45, 7) is 0.586. The molecule has 1 aromatic carbocycles. The van der Waals surface area contributed by atoms with Crippen molar-refractivity contribution in [2.24, 2.45) is 5.92 Å². The molecule has 20 heavy (non-hydrogen) atoms. The smallest absolute Gasteiger partial charge is 0.326 e. The Balaban J connectivity index is 1.75. The first-order chi connectivity index (χ1) is 9.66. The molecule has 1 fully saturated rings. The Morgan fingerprint density at radius 2 is 1.75 bits per heavy atom. The van der Waals surface area contributed by atoms with E-state index in [4.69, 9.17) is 0 Å². The highest BCUT2D eigenvalue weighted by Crippen LogP contribution is 2.30. The van der Waals surface area contributed by atoms with Crippen LogP contribution >= 0.6 is 0 Å². The fraction of sp³-hybridized carbons (Fsp3) is 0.500. The van der Waals surface area contributed by atoms with Gasteiger partial charge in [-0.25, -0.2) is 4.79 Å². The van der Waals surface area contributed by atoms with Gasteiger partial charge in [0.2, 0.25) is 5.91 Å². The second-order valence-electron chi connectivity index (χ2n) is 5.76. The minimum atomic E-state index is -0.867. The lowest BCUT2D eigenvalue weighted by Gasteiger charge is -2.34. The van der Waals surface area contributed by atoms with Gasteiger partial charge in [-0.05, 0) is 43.2 Å². The highest BCUT2D eigenvalue weighted by molar-refractivity contribution is 5.86.